The van der Waals surface area contributed by atoms with E-state index in [9.17, 15) is 4.79 Å². The number of aliphatic hydroxyl groups excluding tert-OH is 1. The van der Waals surface area contributed by atoms with Gasteiger partial charge < -0.3 is 5.11 Å². The molecule has 0 saturated carbocycles. The second-order valence-corrected chi connectivity index (χ2v) is 1.01. The lowest BCUT2D eigenvalue weighted by atomic mass is 10.4. The Labute approximate surface area is 40.7 Å². The summed E-state index contributed by atoms with van der Waals surface area (Å²) in [6, 6.07) is 0. The van der Waals surface area contributed by atoms with Crippen molar-refractivity contribution in [3.8, 4) is 0 Å². The molecular weight excluding hydrogens is 98.0 g/mol. The zero-order chi connectivity index (χ0) is 5.70. The van der Waals surface area contributed by atoms with Gasteiger partial charge in [-0.05, 0) is 0 Å². The summed E-state index contributed by atoms with van der Waals surface area (Å²) in [5.41, 5.74) is 1.37. The van der Waals surface area contributed by atoms with Crippen LogP contribution in [0.15, 0.2) is 0 Å². The summed E-state index contributed by atoms with van der Waals surface area (Å²) in [5, 5.41) is 15.8. The number of aliphatic hydroxyl groups is 1. The van der Waals surface area contributed by atoms with Crippen molar-refractivity contribution in [1.82, 2.24) is 5.48 Å². The fraction of sp³-hybridized carbons (Fsp3) is 0.667. The summed E-state index contributed by atoms with van der Waals surface area (Å²) in [6.07, 6.45) is -0.0451. The van der Waals surface area contributed by atoms with E-state index in [0.717, 1.165) is 0 Å². The first-order valence-corrected chi connectivity index (χ1v) is 1.85. The number of hydroxylamine groups is 1. The van der Waals surface area contributed by atoms with E-state index in [1.807, 2.05) is 0 Å². The first-order valence-electron chi connectivity index (χ1n) is 1.85. The van der Waals surface area contributed by atoms with Crippen LogP contribution in [0.1, 0.15) is 6.42 Å². The molecule has 0 unspecified atom stereocenters. The minimum absolute atomic E-state index is 0.0451. The highest BCUT2D eigenvalue weighted by atomic mass is 16.5. The van der Waals surface area contributed by atoms with Crippen LogP contribution >= 0.6 is 0 Å². The molecule has 3 N–H and O–H groups in total. The van der Waals surface area contributed by atoms with Gasteiger partial charge in [-0.25, -0.2) is 5.48 Å². The smallest absolute Gasteiger partial charge is 0.245 e. The molecule has 0 atom stereocenters. The van der Waals surface area contributed by atoms with Crippen LogP contribution in [0, 0.1) is 0 Å². The van der Waals surface area contributed by atoms with E-state index < -0.39 is 5.91 Å². The quantitative estimate of drug-likeness (QED) is 0.307. The summed E-state index contributed by atoms with van der Waals surface area (Å²) in [5.74, 6) is -0.567. The molecule has 0 aliphatic carbocycles. The van der Waals surface area contributed by atoms with Crippen LogP contribution in [-0.4, -0.2) is 22.8 Å². The van der Waals surface area contributed by atoms with E-state index in [2.05, 4.69) is 0 Å². The minimum atomic E-state index is -0.567. The molecule has 0 rings (SSSR count). The summed E-state index contributed by atoms with van der Waals surface area (Å²) < 4.78 is 0. The average molecular weight is 105 g/mol. The van der Waals surface area contributed by atoms with E-state index in [4.69, 9.17) is 10.3 Å². The molecule has 0 spiro atoms. The third-order valence-electron chi connectivity index (χ3n) is 0.464. The minimum Gasteiger partial charge on any atom is -0.396 e. The van der Waals surface area contributed by atoms with Crippen molar-refractivity contribution >= 4 is 5.91 Å². The van der Waals surface area contributed by atoms with Gasteiger partial charge in [-0.2, -0.15) is 0 Å². The van der Waals surface area contributed by atoms with E-state index in [0.29, 0.717) is 0 Å². The van der Waals surface area contributed by atoms with E-state index >= 15 is 0 Å². The molecule has 0 saturated heterocycles. The Bertz CT molecular complexity index is 63.2. The van der Waals surface area contributed by atoms with Crippen molar-refractivity contribution in [2.75, 3.05) is 6.61 Å². The lowest BCUT2D eigenvalue weighted by Crippen LogP contribution is -2.19. The zero-order valence-corrected chi connectivity index (χ0v) is 3.72. The Hall–Kier alpha value is -0.610. The lowest BCUT2D eigenvalue weighted by molar-refractivity contribution is -0.129. The van der Waals surface area contributed by atoms with Gasteiger partial charge in [0.1, 0.15) is 0 Å². The predicted molar refractivity (Wildman–Crippen MR) is 21.6 cm³/mol. The predicted octanol–water partition coefficient (Wildman–Crippen LogP) is -1.13. The highest BCUT2D eigenvalue weighted by Crippen LogP contribution is 1.70. The van der Waals surface area contributed by atoms with Crippen molar-refractivity contribution in [2.45, 2.75) is 6.42 Å². The molecule has 1 amide bonds. The van der Waals surface area contributed by atoms with Crippen molar-refractivity contribution < 1.29 is 15.1 Å². The molecule has 0 fully saturated rings. The van der Waals surface area contributed by atoms with Crippen LogP contribution in [0.4, 0.5) is 0 Å². The van der Waals surface area contributed by atoms with Crippen LogP contribution in [0.2, 0.25) is 0 Å². The molecule has 0 aromatic heterocycles. The summed E-state index contributed by atoms with van der Waals surface area (Å²) in [7, 11) is 0. The van der Waals surface area contributed by atoms with Crippen LogP contribution in [0.25, 0.3) is 0 Å². The molecule has 0 aromatic rings. The Morgan fingerprint density at radius 1 is 1.71 bits per heavy atom. The second kappa shape index (κ2) is 3.58. The van der Waals surface area contributed by atoms with Gasteiger partial charge in [-0.15, -0.1) is 0 Å². The van der Waals surface area contributed by atoms with Crippen LogP contribution in [0.3, 0.4) is 0 Å². The maximum atomic E-state index is 9.89. The monoisotopic (exact) mass is 105 g/mol. The normalized spacial score (nSPS) is 8.29. The Kier molecular flexibility index (Phi) is 3.26. The molecule has 4 nitrogen and oxygen atoms in total. The first-order chi connectivity index (χ1) is 3.31. The van der Waals surface area contributed by atoms with Crippen LogP contribution < -0.4 is 5.48 Å². The Morgan fingerprint density at radius 2 is 2.29 bits per heavy atom. The summed E-state index contributed by atoms with van der Waals surface area (Å²) in [4.78, 5) is 9.89. The molecule has 7 heavy (non-hydrogen) atoms. The van der Waals surface area contributed by atoms with E-state index in [1.165, 1.54) is 5.48 Å². The largest absolute Gasteiger partial charge is 0.396 e. The van der Waals surface area contributed by atoms with Crippen LogP contribution in [0.5, 0.6) is 0 Å². The molecule has 42 valence electrons. The Balaban J connectivity index is 3.00. The fourth-order valence-corrected chi connectivity index (χ4v) is 0.157. The lowest BCUT2D eigenvalue weighted by Gasteiger charge is -1.89. The van der Waals surface area contributed by atoms with Gasteiger partial charge >= 0.3 is 0 Å². The van der Waals surface area contributed by atoms with Crippen LogP contribution in [-0.2, 0) is 4.79 Å². The number of carbonyl (C=O) groups excluding carboxylic acids is 1. The third-order valence-corrected chi connectivity index (χ3v) is 0.464. The molecule has 0 bridgehead atoms. The maximum absolute atomic E-state index is 9.89. The van der Waals surface area contributed by atoms with Gasteiger partial charge in [0.25, 0.3) is 0 Å². The third kappa shape index (κ3) is 3.21. The number of carbonyl (C=O) groups is 1. The van der Waals surface area contributed by atoms with Crippen molar-refractivity contribution in [1.29, 1.82) is 0 Å². The molecule has 4 heteroatoms. The topological polar surface area (TPSA) is 69.6 Å². The number of hydrogen-bond acceptors (Lipinski definition) is 3. The number of nitrogens with one attached hydrogen (secondary N) is 1. The highest BCUT2D eigenvalue weighted by Gasteiger charge is 1.92. The van der Waals surface area contributed by atoms with Crippen molar-refractivity contribution in [2.24, 2.45) is 0 Å². The van der Waals surface area contributed by atoms with Gasteiger partial charge in [-0.3, -0.25) is 10.0 Å². The first kappa shape index (κ1) is 6.39. The standard InChI is InChI=1S/C3H7NO3/c5-2-1-3(6)4-7/h5,7H,1-2H2,(H,4,6). The average Bonchev–Trinajstić information content (AvgIpc) is 1.68. The van der Waals surface area contributed by atoms with Gasteiger partial charge in [0, 0.05) is 0 Å². The number of hydrogen-bond donors (Lipinski definition) is 3. The van der Waals surface area contributed by atoms with Crippen molar-refractivity contribution in [3.05, 3.63) is 0 Å². The number of rotatable bonds is 2. The summed E-state index contributed by atoms with van der Waals surface area (Å²) in [6.45, 7) is -0.230. The fourth-order valence-electron chi connectivity index (χ4n) is 0.157. The maximum Gasteiger partial charge on any atom is 0.245 e. The van der Waals surface area contributed by atoms with Gasteiger partial charge in [0.15, 0.2) is 0 Å². The molecule has 0 aliphatic heterocycles. The van der Waals surface area contributed by atoms with E-state index in [1.54, 1.807) is 0 Å². The zero-order valence-electron chi connectivity index (χ0n) is 3.72. The van der Waals surface area contributed by atoms with Gasteiger partial charge in [0.2, 0.25) is 5.91 Å². The highest BCUT2D eigenvalue weighted by molar-refractivity contribution is 5.74. The SMILES string of the molecule is O=C(CCO)NO. The molecule has 0 radical (unpaired) electrons. The number of amides is 1. The molecule has 0 heterocycles. The van der Waals surface area contributed by atoms with E-state index in [-0.39, 0.29) is 13.0 Å². The van der Waals surface area contributed by atoms with Crippen molar-refractivity contribution in [3.63, 3.8) is 0 Å². The molecule has 0 aromatic carbocycles. The van der Waals surface area contributed by atoms with Gasteiger partial charge in [0.05, 0.1) is 13.0 Å². The second-order valence-electron chi connectivity index (χ2n) is 1.01. The molecule has 0 aliphatic rings. The Morgan fingerprint density at radius 3 is 2.43 bits per heavy atom. The van der Waals surface area contributed by atoms with Gasteiger partial charge in [-0.1, -0.05) is 0 Å². The molecular formula is C3H7NO3. The summed E-state index contributed by atoms with van der Waals surface area (Å²) >= 11 is 0.